The molecule has 0 unspecified atom stereocenters. The molecule has 2 heterocycles. The Morgan fingerprint density at radius 1 is 1.03 bits per heavy atom. The van der Waals surface area contributed by atoms with Gasteiger partial charge in [0.05, 0.1) is 20.0 Å². The Morgan fingerprint density at radius 2 is 1.85 bits per heavy atom. The molecule has 176 valence electrons. The van der Waals surface area contributed by atoms with Gasteiger partial charge in [-0.05, 0) is 37.3 Å². The summed E-state index contributed by atoms with van der Waals surface area (Å²) in [5.41, 5.74) is 2.30. The van der Waals surface area contributed by atoms with E-state index in [4.69, 9.17) is 13.9 Å². The Balaban J connectivity index is 1.50. The number of rotatable bonds is 9. The Labute approximate surface area is 200 Å². The van der Waals surface area contributed by atoms with Gasteiger partial charge in [-0.1, -0.05) is 23.9 Å². The molecule has 0 aliphatic rings. The first-order chi connectivity index (χ1) is 16.5. The van der Waals surface area contributed by atoms with Gasteiger partial charge in [-0.2, -0.15) is 0 Å². The van der Waals surface area contributed by atoms with Crippen LogP contribution in [0.25, 0.3) is 22.8 Å². The van der Waals surface area contributed by atoms with Crippen LogP contribution in [0.1, 0.15) is 19.7 Å². The highest BCUT2D eigenvalue weighted by molar-refractivity contribution is 7.98. The molecule has 2 aromatic heterocycles. The number of aromatic nitrogens is 5. The van der Waals surface area contributed by atoms with Crippen molar-refractivity contribution >= 4 is 23.4 Å². The number of nitrogens with zero attached hydrogens (tertiary/aromatic N) is 5. The second-order valence-electron chi connectivity index (χ2n) is 7.17. The van der Waals surface area contributed by atoms with E-state index in [1.54, 1.807) is 26.4 Å². The van der Waals surface area contributed by atoms with Crippen LogP contribution in [0.2, 0.25) is 0 Å². The van der Waals surface area contributed by atoms with Crippen molar-refractivity contribution in [2.75, 3.05) is 19.5 Å². The molecule has 0 fully saturated rings. The number of benzene rings is 2. The van der Waals surface area contributed by atoms with Gasteiger partial charge in [-0.25, -0.2) is 0 Å². The van der Waals surface area contributed by atoms with E-state index in [1.807, 2.05) is 41.8 Å². The van der Waals surface area contributed by atoms with Crippen molar-refractivity contribution in [2.24, 2.45) is 0 Å². The number of hydrogen-bond acceptors (Lipinski definition) is 9. The van der Waals surface area contributed by atoms with Crippen LogP contribution >= 0.6 is 11.8 Å². The van der Waals surface area contributed by atoms with Crippen molar-refractivity contribution in [1.82, 2.24) is 25.0 Å². The van der Waals surface area contributed by atoms with E-state index < -0.39 is 0 Å². The average molecular weight is 481 g/mol. The second-order valence-corrected chi connectivity index (χ2v) is 8.11. The number of carbonyl (C=O) groups excluding carboxylic acids is 1. The minimum Gasteiger partial charge on any atom is -0.493 e. The molecule has 0 atom stereocenters. The van der Waals surface area contributed by atoms with Crippen molar-refractivity contribution < 1.29 is 18.7 Å². The third-order valence-electron chi connectivity index (χ3n) is 4.90. The summed E-state index contributed by atoms with van der Waals surface area (Å²) in [5.74, 6) is 3.09. The van der Waals surface area contributed by atoms with Crippen LogP contribution in [-0.2, 0) is 17.1 Å². The molecular formula is C23H24N6O4S. The lowest BCUT2D eigenvalue weighted by atomic mass is 10.2. The van der Waals surface area contributed by atoms with E-state index in [1.165, 1.54) is 18.7 Å². The molecule has 4 aromatic rings. The van der Waals surface area contributed by atoms with Crippen LogP contribution in [0.15, 0.2) is 52.0 Å². The number of anilines is 1. The average Bonchev–Trinajstić information content (AvgIpc) is 3.49. The van der Waals surface area contributed by atoms with Crippen molar-refractivity contribution in [3.63, 3.8) is 0 Å². The van der Waals surface area contributed by atoms with Gasteiger partial charge in [0.25, 0.3) is 0 Å². The molecule has 0 aliphatic heterocycles. The first-order valence-electron chi connectivity index (χ1n) is 10.5. The largest absolute Gasteiger partial charge is 0.493 e. The lowest BCUT2D eigenvalue weighted by Crippen LogP contribution is -2.06. The van der Waals surface area contributed by atoms with Crippen LogP contribution in [0.3, 0.4) is 0 Å². The van der Waals surface area contributed by atoms with Crippen molar-refractivity contribution in [1.29, 1.82) is 0 Å². The number of methoxy groups -OCH3 is 2. The van der Waals surface area contributed by atoms with Crippen molar-refractivity contribution in [3.8, 4) is 34.3 Å². The zero-order valence-corrected chi connectivity index (χ0v) is 20.0. The zero-order valence-electron chi connectivity index (χ0n) is 19.2. The SMILES string of the molecule is CCn1c(SCc2nnc(-c3ccc(OC)c(OC)c3)o2)nnc1-c1cccc(NC(C)=O)c1. The molecule has 10 nitrogen and oxygen atoms in total. The fourth-order valence-electron chi connectivity index (χ4n) is 3.36. The number of ether oxygens (including phenoxy) is 2. The van der Waals surface area contributed by atoms with Gasteiger partial charge in [0.1, 0.15) is 0 Å². The molecule has 0 aliphatic carbocycles. The Morgan fingerprint density at radius 3 is 2.59 bits per heavy atom. The van der Waals surface area contributed by atoms with E-state index >= 15 is 0 Å². The standard InChI is InChI=1S/C23H24N6O4S/c1-5-29-21(15-7-6-8-17(11-15)24-14(2)30)26-28-23(29)34-13-20-25-27-22(33-20)16-9-10-18(31-3)19(12-16)32-4/h6-12H,5,13H2,1-4H3,(H,24,30). The third-order valence-corrected chi connectivity index (χ3v) is 5.85. The Kier molecular flexibility index (Phi) is 7.12. The topological polar surface area (TPSA) is 117 Å². The van der Waals surface area contributed by atoms with Crippen LogP contribution < -0.4 is 14.8 Å². The maximum absolute atomic E-state index is 11.4. The first kappa shape index (κ1) is 23.3. The van der Waals surface area contributed by atoms with Gasteiger partial charge in [-0.3, -0.25) is 4.79 Å². The van der Waals surface area contributed by atoms with Gasteiger partial charge in [0.2, 0.25) is 17.7 Å². The smallest absolute Gasteiger partial charge is 0.247 e. The van der Waals surface area contributed by atoms with E-state index in [-0.39, 0.29) is 5.91 Å². The van der Waals surface area contributed by atoms with Crippen LogP contribution in [0, 0.1) is 0 Å². The summed E-state index contributed by atoms with van der Waals surface area (Å²) in [5, 5.41) is 20.5. The van der Waals surface area contributed by atoms with Gasteiger partial charge in [0.15, 0.2) is 22.5 Å². The van der Waals surface area contributed by atoms with E-state index in [0.29, 0.717) is 47.1 Å². The summed E-state index contributed by atoms with van der Waals surface area (Å²) in [4.78, 5) is 11.4. The fraction of sp³-hybridized carbons (Fsp3) is 0.261. The maximum Gasteiger partial charge on any atom is 0.247 e. The molecule has 0 saturated heterocycles. The number of hydrogen-bond donors (Lipinski definition) is 1. The van der Waals surface area contributed by atoms with Crippen LogP contribution in [-0.4, -0.2) is 45.1 Å². The predicted molar refractivity (Wildman–Crippen MR) is 128 cm³/mol. The van der Waals surface area contributed by atoms with Crippen LogP contribution in [0.5, 0.6) is 11.5 Å². The Hall–Kier alpha value is -3.86. The molecular weight excluding hydrogens is 456 g/mol. The molecule has 11 heteroatoms. The van der Waals surface area contributed by atoms with Gasteiger partial charge in [0, 0.05) is 30.3 Å². The molecule has 34 heavy (non-hydrogen) atoms. The fourth-order valence-corrected chi connectivity index (χ4v) is 4.20. The second kappa shape index (κ2) is 10.4. The Bertz CT molecular complexity index is 1300. The van der Waals surface area contributed by atoms with Gasteiger partial charge in [-0.15, -0.1) is 20.4 Å². The molecule has 0 bridgehead atoms. The highest BCUT2D eigenvalue weighted by atomic mass is 32.2. The number of carbonyl (C=O) groups is 1. The summed E-state index contributed by atoms with van der Waals surface area (Å²) in [6.45, 7) is 4.18. The predicted octanol–water partition coefficient (Wildman–Crippen LogP) is 4.28. The van der Waals surface area contributed by atoms with Crippen molar-refractivity contribution in [3.05, 3.63) is 48.4 Å². The molecule has 2 aromatic carbocycles. The zero-order chi connectivity index (χ0) is 24.1. The maximum atomic E-state index is 11.4. The molecule has 1 amide bonds. The molecule has 0 spiro atoms. The van der Waals surface area contributed by atoms with Crippen molar-refractivity contribution in [2.45, 2.75) is 31.3 Å². The van der Waals surface area contributed by atoms with E-state index in [0.717, 1.165) is 16.3 Å². The normalized spacial score (nSPS) is 10.8. The first-order valence-corrected chi connectivity index (χ1v) is 11.5. The van der Waals surface area contributed by atoms with Gasteiger partial charge < -0.3 is 23.8 Å². The highest BCUT2D eigenvalue weighted by Crippen LogP contribution is 2.32. The molecule has 1 N–H and O–H groups in total. The minimum absolute atomic E-state index is 0.127. The summed E-state index contributed by atoms with van der Waals surface area (Å²) in [6.07, 6.45) is 0. The van der Waals surface area contributed by atoms with E-state index in [2.05, 4.69) is 25.7 Å². The van der Waals surface area contributed by atoms with E-state index in [9.17, 15) is 4.79 Å². The summed E-state index contributed by atoms with van der Waals surface area (Å²) in [7, 11) is 3.16. The molecule has 4 rings (SSSR count). The lowest BCUT2D eigenvalue weighted by molar-refractivity contribution is -0.114. The summed E-state index contributed by atoms with van der Waals surface area (Å²) < 4.78 is 18.5. The highest BCUT2D eigenvalue weighted by Gasteiger charge is 2.17. The molecule has 0 saturated carbocycles. The minimum atomic E-state index is -0.127. The molecule has 0 radical (unpaired) electrons. The number of amides is 1. The summed E-state index contributed by atoms with van der Waals surface area (Å²) in [6, 6.07) is 12.9. The monoisotopic (exact) mass is 480 g/mol. The summed E-state index contributed by atoms with van der Waals surface area (Å²) >= 11 is 1.46. The lowest BCUT2D eigenvalue weighted by Gasteiger charge is -2.08. The number of nitrogens with one attached hydrogen (secondary N) is 1. The van der Waals surface area contributed by atoms with Gasteiger partial charge >= 0.3 is 0 Å². The number of thioether (sulfide) groups is 1. The van der Waals surface area contributed by atoms with Crippen LogP contribution in [0.4, 0.5) is 5.69 Å². The quantitative estimate of drug-likeness (QED) is 0.350. The third kappa shape index (κ3) is 5.04.